The van der Waals surface area contributed by atoms with E-state index in [9.17, 15) is 0 Å². The van der Waals surface area contributed by atoms with Crippen molar-refractivity contribution in [3.63, 3.8) is 0 Å². The first-order valence-electron chi connectivity index (χ1n) is 21.3. The molecule has 0 aliphatic heterocycles. The van der Waals surface area contributed by atoms with E-state index in [-0.39, 0.29) is 0 Å². The molecule has 2 heteroatoms. The summed E-state index contributed by atoms with van der Waals surface area (Å²) < 4.78 is 4.81. The van der Waals surface area contributed by atoms with E-state index < -0.39 is 0 Å². The molecule has 10 aromatic carbocycles. The third kappa shape index (κ3) is 6.12. The van der Waals surface area contributed by atoms with Crippen LogP contribution in [-0.4, -0.2) is 9.13 Å². The normalized spacial score (nSPS) is 11.5. The summed E-state index contributed by atoms with van der Waals surface area (Å²) in [6.45, 7) is 0. The first-order chi connectivity index (χ1) is 30.7. The molecule has 0 amide bonds. The van der Waals surface area contributed by atoms with Crippen molar-refractivity contribution >= 4 is 43.6 Å². The molecule has 12 aromatic rings. The Bertz CT molecular complexity index is 3550. The van der Waals surface area contributed by atoms with Crippen LogP contribution in [0.4, 0.5) is 0 Å². The van der Waals surface area contributed by atoms with E-state index in [1.807, 2.05) is 0 Å². The minimum Gasteiger partial charge on any atom is -0.309 e. The zero-order valence-electron chi connectivity index (χ0n) is 34.0. The van der Waals surface area contributed by atoms with Crippen LogP contribution in [0.15, 0.2) is 243 Å². The lowest BCUT2D eigenvalue weighted by atomic mass is 9.95. The average molecular weight is 789 g/mol. The number of benzene rings is 10. The van der Waals surface area contributed by atoms with Crippen LogP contribution >= 0.6 is 0 Å². The summed E-state index contributed by atoms with van der Waals surface area (Å²) in [7, 11) is 0. The van der Waals surface area contributed by atoms with Gasteiger partial charge >= 0.3 is 0 Å². The van der Waals surface area contributed by atoms with Gasteiger partial charge in [0.05, 0.1) is 22.1 Å². The summed E-state index contributed by atoms with van der Waals surface area (Å²) in [4.78, 5) is 0. The van der Waals surface area contributed by atoms with Gasteiger partial charge in [-0.15, -0.1) is 0 Å². The van der Waals surface area contributed by atoms with E-state index in [1.165, 1.54) is 105 Å². The summed E-state index contributed by atoms with van der Waals surface area (Å²) in [5.41, 5.74) is 19.1. The van der Waals surface area contributed by atoms with Gasteiger partial charge < -0.3 is 9.13 Å². The Morgan fingerprint density at radius 2 is 0.516 bits per heavy atom. The topological polar surface area (TPSA) is 9.86 Å². The second-order valence-electron chi connectivity index (χ2n) is 16.2. The van der Waals surface area contributed by atoms with Gasteiger partial charge in [-0.25, -0.2) is 0 Å². The quantitative estimate of drug-likeness (QED) is 0.152. The first-order valence-corrected chi connectivity index (χ1v) is 21.3. The van der Waals surface area contributed by atoms with E-state index in [0.29, 0.717) is 0 Å². The fourth-order valence-electron chi connectivity index (χ4n) is 9.53. The van der Waals surface area contributed by atoms with E-state index in [4.69, 9.17) is 0 Å². The minimum absolute atomic E-state index is 1.15. The predicted octanol–water partition coefficient (Wildman–Crippen LogP) is 16.2. The molecule has 0 spiro atoms. The highest BCUT2D eigenvalue weighted by atomic mass is 15.0. The SMILES string of the molecule is c1ccc(-c2cc(-c3ccccc3)cc(-n3c4ccccc4c4cc(-c5cccc(-c6cccc(-c7ccc8c(c7)c7ccccc7n8-c7ccccc7)c6)c5)ccc43)c2)cc1. The Morgan fingerprint density at radius 1 is 0.177 bits per heavy atom. The van der Waals surface area contributed by atoms with E-state index >= 15 is 0 Å². The molecular weight excluding hydrogens is 749 g/mol. The molecule has 0 saturated heterocycles. The summed E-state index contributed by atoms with van der Waals surface area (Å²) >= 11 is 0. The van der Waals surface area contributed by atoms with Gasteiger partial charge in [0.1, 0.15) is 0 Å². The molecule has 62 heavy (non-hydrogen) atoms. The number of rotatable bonds is 7. The average Bonchev–Trinajstić information content (AvgIpc) is 3.87. The van der Waals surface area contributed by atoms with Crippen molar-refractivity contribution in [2.24, 2.45) is 0 Å². The fourth-order valence-corrected chi connectivity index (χ4v) is 9.53. The number of aromatic nitrogens is 2. The largest absolute Gasteiger partial charge is 0.309 e. The molecule has 2 heterocycles. The maximum absolute atomic E-state index is 2.44. The zero-order valence-corrected chi connectivity index (χ0v) is 34.0. The number of hydrogen-bond acceptors (Lipinski definition) is 0. The number of para-hydroxylation sites is 3. The van der Waals surface area contributed by atoms with Crippen molar-refractivity contribution in [3.05, 3.63) is 243 Å². The van der Waals surface area contributed by atoms with Crippen molar-refractivity contribution < 1.29 is 0 Å². The molecule has 0 atom stereocenters. The molecular formula is C60H40N2. The molecule has 0 fully saturated rings. The molecule has 0 N–H and O–H groups in total. The third-order valence-corrected chi connectivity index (χ3v) is 12.5. The maximum atomic E-state index is 2.44. The van der Waals surface area contributed by atoms with Gasteiger partial charge in [-0.3, -0.25) is 0 Å². The molecule has 0 bridgehead atoms. The molecule has 0 radical (unpaired) electrons. The van der Waals surface area contributed by atoms with E-state index in [2.05, 4.69) is 252 Å². The molecule has 2 aromatic heterocycles. The van der Waals surface area contributed by atoms with Crippen LogP contribution in [0.25, 0.3) is 111 Å². The summed E-state index contributed by atoms with van der Waals surface area (Å²) in [6.07, 6.45) is 0. The van der Waals surface area contributed by atoms with Crippen LogP contribution in [0.3, 0.4) is 0 Å². The van der Waals surface area contributed by atoms with Gasteiger partial charge in [-0.1, -0.05) is 164 Å². The Kier molecular flexibility index (Phi) is 8.53. The van der Waals surface area contributed by atoms with Gasteiger partial charge in [0.25, 0.3) is 0 Å². The zero-order chi connectivity index (χ0) is 41.0. The van der Waals surface area contributed by atoms with Crippen LogP contribution in [-0.2, 0) is 0 Å². The summed E-state index contributed by atoms with van der Waals surface area (Å²) in [6, 6.07) is 88.4. The Balaban J connectivity index is 0.935. The third-order valence-electron chi connectivity index (χ3n) is 12.5. The van der Waals surface area contributed by atoms with Crippen molar-refractivity contribution in [3.8, 4) is 67.0 Å². The van der Waals surface area contributed by atoms with E-state index in [0.717, 1.165) is 5.69 Å². The lowest BCUT2D eigenvalue weighted by Crippen LogP contribution is -1.96. The van der Waals surface area contributed by atoms with E-state index in [1.54, 1.807) is 0 Å². The number of nitrogens with zero attached hydrogens (tertiary/aromatic N) is 2. The molecule has 2 nitrogen and oxygen atoms in total. The maximum Gasteiger partial charge on any atom is 0.0541 e. The minimum atomic E-state index is 1.15. The standard InChI is InChI=1S/C60H40N2/c1-4-16-41(17-5-1)49-36-50(42-18-6-2-7-19-42)38-52(37-49)62-58-29-13-11-27-54(58)56-40-48(31-33-60(56)62)46-23-15-21-44(35-46)43-20-14-22-45(34-43)47-30-32-59-55(39-47)53-26-10-12-28-57(53)61(59)51-24-8-3-9-25-51/h1-40H. The lowest BCUT2D eigenvalue weighted by Gasteiger charge is -2.14. The van der Waals surface area contributed by atoms with Crippen LogP contribution in [0.1, 0.15) is 0 Å². The number of fused-ring (bicyclic) bond motifs is 6. The van der Waals surface area contributed by atoms with Crippen LogP contribution in [0.5, 0.6) is 0 Å². The summed E-state index contributed by atoms with van der Waals surface area (Å²) in [5.74, 6) is 0. The molecule has 0 aliphatic rings. The van der Waals surface area contributed by atoms with Gasteiger partial charge in [0.2, 0.25) is 0 Å². The highest BCUT2D eigenvalue weighted by molar-refractivity contribution is 6.12. The second-order valence-corrected chi connectivity index (χ2v) is 16.2. The smallest absolute Gasteiger partial charge is 0.0541 e. The van der Waals surface area contributed by atoms with Gasteiger partial charge in [0, 0.05) is 32.9 Å². The molecule has 0 saturated carbocycles. The van der Waals surface area contributed by atoms with Crippen molar-refractivity contribution in [1.29, 1.82) is 0 Å². The summed E-state index contributed by atoms with van der Waals surface area (Å²) in [5, 5.41) is 4.99. The van der Waals surface area contributed by atoms with Crippen LogP contribution in [0.2, 0.25) is 0 Å². The lowest BCUT2D eigenvalue weighted by molar-refractivity contribution is 1.18. The van der Waals surface area contributed by atoms with Gasteiger partial charge in [0.15, 0.2) is 0 Å². The monoisotopic (exact) mass is 788 g/mol. The highest BCUT2D eigenvalue weighted by Gasteiger charge is 2.17. The molecule has 12 rings (SSSR count). The van der Waals surface area contributed by atoms with Crippen molar-refractivity contribution in [2.45, 2.75) is 0 Å². The highest BCUT2D eigenvalue weighted by Crippen LogP contribution is 2.40. The second kappa shape index (κ2) is 14.8. The van der Waals surface area contributed by atoms with Gasteiger partial charge in [-0.05, 0) is 134 Å². The first kappa shape index (κ1) is 35.7. The van der Waals surface area contributed by atoms with Crippen molar-refractivity contribution in [1.82, 2.24) is 9.13 Å². The Labute approximate surface area is 360 Å². The molecule has 290 valence electrons. The number of hydrogen-bond donors (Lipinski definition) is 0. The Hall–Kier alpha value is -8.20. The fraction of sp³-hybridized carbons (Fsp3) is 0. The predicted molar refractivity (Wildman–Crippen MR) is 262 cm³/mol. The van der Waals surface area contributed by atoms with Crippen molar-refractivity contribution in [2.75, 3.05) is 0 Å². The van der Waals surface area contributed by atoms with Gasteiger partial charge in [-0.2, -0.15) is 0 Å². The molecule has 0 unspecified atom stereocenters. The van der Waals surface area contributed by atoms with Crippen LogP contribution in [0, 0.1) is 0 Å². The van der Waals surface area contributed by atoms with Crippen LogP contribution < -0.4 is 0 Å². The Morgan fingerprint density at radius 3 is 0.984 bits per heavy atom. The molecule has 0 aliphatic carbocycles.